The van der Waals surface area contributed by atoms with Crippen molar-refractivity contribution in [1.29, 1.82) is 0 Å². The predicted octanol–water partition coefficient (Wildman–Crippen LogP) is -0.959. The van der Waals surface area contributed by atoms with Crippen molar-refractivity contribution in [2.75, 3.05) is 6.26 Å². The molecule has 6 heteroatoms. The molecule has 0 aliphatic heterocycles. The van der Waals surface area contributed by atoms with Gasteiger partial charge in [0.05, 0.1) is 6.26 Å². The number of sulfonamides is 1. The van der Waals surface area contributed by atoms with Crippen LogP contribution in [0.4, 0.5) is 0 Å². The van der Waals surface area contributed by atoms with E-state index in [9.17, 15) is 8.42 Å². The van der Waals surface area contributed by atoms with Crippen molar-refractivity contribution >= 4 is 51.4 Å². The fraction of sp³-hybridized carbons (Fsp3) is 1.00. The van der Waals surface area contributed by atoms with Gasteiger partial charge in [0, 0.05) is 0 Å². The summed E-state index contributed by atoms with van der Waals surface area (Å²) < 4.78 is 21.1. The van der Waals surface area contributed by atoms with Crippen molar-refractivity contribution < 1.29 is 8.42 Å². The molecule has 0 aromatic carbocycles. The maximum absolute atomic E-state index is 9.76. The quantitative estimate of drug-likeness (QED) is 0.390. The first-order valence-corrected chi connectivity index (χ1v) is 3.40. The Labute approximate surface area is 69.9 Å². The monoisotopic (exact) mass is 153 g/mol. The minimum absolute atomic E-state index is 0. The first-order chi connectivity index (χ1) is 2.56. The Bertz CT molecular complexity index is 120. The summed E-state index contributed by atoms with van der Waals surface area (Å²) in [6.45, 7) is 0. The molecular weight excluding hydrogens is 149 g/mol. The van der Waals surface area contributed by atoms with Crippen LogP contribution in [0.3, 0.4) is 0 Å². The molecule has 0 fully saturated rings. The third-order valence-corrected chi connectivity index (χ3v) is 1.26. The van der Waals surface area contributed by atoms with E-state index in [0.717, 1.165) is 6.26 Å². The molecule has 0 aliphatic carbocycles. The van der Waals surface area contributed by atoms with Gasteiger partial charge in [0.15, 0.2) is 0 Å². The molecule has 0 heterocycles. The topological polar surface area (TPSA) is 46.2 Å². The SMILES string of the molecule is CS(=O)(=O)NCl.[NaH]. The Morgan fingerprint density at radius 3 is 1.71 bits per heavy atom. The van der Waals surface area contributed by atoms with Crippen LogP contribution in [0.5, 0.6) is 0 Å². The Balaban J connectivity index is 0. The molecule has 0 unspecified atom stereocenters. The van der Waals surface area contributed by atoms with Crippen molar-refractivity contribution in [1.82, 2.24) is 4.24 Å². The second-order valence-corrected chi connectivity index (χ2v) is 3.01. The Hall–Kier alpha value is 1.20. The molecule has 0 radical (unpaired) electrons. The molecule has 0 bridgehead atoms. The van der Waals surface area contributed by atoms with Crippen molar-refractivity contribution in [2.45, 2.75) is 0 Å². The first-order valence-electron chi connectivity index (χ1n) is 1.13. The van der Waals surface area contributed by atoms with E-state index >= 15 is 0 Å². The number of nitrogens with one attached hydrogen (secondary N) is 1. The van der Waals surface area contributed by atoms with Gasteiger partial charge in [-0.1, -0.05) is 0 Å². The molecule has 0 aromatic heterocycles. The Morgan fingerprint density at radius 2 is 1.71 bits per heavy atom. The van der Waals surface area contributed by atoms with Gasteiger partial charge in [0.2, 0.25) is 10.0 Å². The fourth-order valence-electron chi connectivity index (χ4n) is 0. The van der Waals surface area contributed by atoms with Gasteiger partial charge in [0.25, 0.3) is 0 Å². The number of hydrogen-bond acceptors (Lipinski definition) is 2. The second-order valence-electron chi connectivity index (χ2n) is 0.849. The van der Waals surface area contributed by atoms with Crippen LogP contribution in [-0.2, 0) is 10.0 Å². The molecule has 0 spiro atoms. The predicted molar refractivity (Wildman–Crippen MR) is 31.0 cm³/mol. The summed E-state index contributed by atoms with van der Waals surface area (Å²) in [6, 6.07) is 0. The van der Waals surface area contributed by atoms with Crippen molar-refractivity contribution in [2.24, 2.45) is 0 Å². The summed E-state index contributed by atoms with van der Waals surface area (Å²) in [7, 11) is -3.15. The molecule has 0 aromatic rings. The van der Waals surface area contributed by atoms with Crippen LogP contribution in [0, 0.1) is 0 Å². The number of hydrogen-bond donors (Lipinski definition) is 1. The van der Waals surface area contributed by atoms with Crippen molar-refractivity contribution in [3.05, 3.63) is 0 Å². The maximum atomic E-state index is 9.76. The van der Waals surface area contributed by atoms with Crippen LogP contribution < -0.4 is 4.24 Å². The summed E-state index contributed by atoms with van der Waals surface area (Å²) in [6.07, 6.45) is 0.972. The number of halogens is 1. The second kappa shape index (κ2) is 4.12. The average molecular weight is 154 g/mol. The zero-order chi connectivity index (χ0) is 5.21. The van der Waals surface area contributed by atoms with Crippen LogP contribution in [0.25, 0.3) is 0 Å². The Morgan fingerprint density at radius 1 is 1.57 bits per heavy atom. The fourth-order valence-corrected chi connectivity index (χ4v) is 0. The molecule has 40 valence electrons. The minimum atomic E-state index is -3.15. The van der Waals surface area contributed by atoms with E-state index in [1.165, 1.54) is 0 Å². The molecule has 1 N–H and O–H groups in total. The van der Waals surface area contributed by atoms with Gasteiger partial charge in [0.1, 0.15) is 0 Å². The molecule has 0 rings (SSSR count). The average Bonchev–Trinajstić information content (AvgIpc) is 1.35. The number of rotatable bonds is 1. The van der Waals surface area contributed by atoms with Crippen molar-refractivity contribution in [3.63, 3.8) is 0 Å². The van der Waals surface area contributed by atoms with Crippen LogP contribution in [0.1, 0.15) is 0 Å². The molecule has 0 saturated carbocycles. The van der Waals surface area contributed by atoms with E-state index in [4.69, 9.17) is 0 Å². The Kier molecular flexibility index (Phi) is 6.50. The zero-order valence-corrected chi connectivity index (χ0v) is 4.68. The van der Waals surface area contributed by atoms with E-state index in [1.807, 2.05) is 0 Å². The third-order valence-electron chi connectivity index (χ3n) is 0.140. The zero-order valence-electron chi connectivity index (χ0n) is 3.10. The summed E-state index contributed by atoms with van der Waals surface area (Å²) >= 11 is 4.64. The summed E-state index contributed by atoms with van der Waals surface area (Å²) in [5.41, 5.74) is 0. The van der Waals surface area contributed by atoms with Gasteiger partial charge in [-0.25, -0.2) is 8.42 Å². The normalized spacial score (nSPS) is 10.0. The third kappa shape index (κ3) is 11.0. The molecule has 3 nitrogen and oxygen atoms in total. The first kappa shape index (κ1) is 11.1. The summed E-state index contributed by atoms with van der Waals surface area (Å²) in [5.74, 6) is 0. The molecule has 0 aliphatic rings. The van der Waals surface area contributed by atoms with E-state index in [1.54, 1.807) is 4.24 Å². The molecular formula is CH5ClNNaO2S. The van der Waals surface area contributed by atoms with E-state index in [0.29, 0.717) is 0 Å². The van der Waals surface area contributed by atoms with Crippen molar-refractivity contribution in [3.8, 4) is 0 Å². The van der Waals surface area contributed by atoms with Crippen LogP contribution in [0.2, 0.25) is 0 Å². The van der Waals surface area contributed by atoms with Gasteiger partial charge in [-0.15, -0.1) is 4.24 Å². The standard InChI is InChI=1S/CH4ClNO2S.Na.H/c1-6(4,5)3-2;;/h3H,1H3;;. The molecule has 0 amide bonds. The molecule has 0 atom stereocenters. The summed E-state index contributed by atoms with van der Waals surface area (Å²) in [4.78, 5) is 0. The molecule has 7 heavy (non-hydrogen) atoms. The van der Waals surface area contributed by atoms with E-state index in [2.05, 4.69) is 11.8 Å². The van der Waals surface area contributed by atoms with Gasteiger partial charge in [-0.05, 0) is 11.8 Å². The molecule has 0 saturated heterocycles. The van der Waals surface area contributed by atoms with E-state index < -0.39 is 10.0 Å². The van der Waals surface area contributed by atoms with Gasteiger partial charge < -0.3 is 0 Å². The summed E-state index contributed by atoms with van der Waals surface area (Å²) in [5, 5.41) is 0. The van der Waals surface area contributed by atoms with Crippen LogP contribution >= 0.6 is 11.8 Å². The van der Waals surface area contributed by atoms with Crippen LogP contribution in [-0.4, -0.2) is 44.2 Å². The van der Waals surface area contributed by atoms with E-state index in [-0.39, 0.29) is 29.6 Å². The van der Waals surface area contributed by atoms with Crippen LogP contribution in [0.15, 0.2) is 0 Å². The van der Waals surface area contributed by atoms with Gasteiger partial charge >= 0.3 is 29.6 Å². The van der Waals surface area contributed by atoms with Gasteiger partial charge in [-0.3, -0.25) is 0 Å². The van der Waals surface area contributed by atoms with Gasteiger partial charge in [-0.2, -0.15) is 0 Å².